The normalized spacial score (nSPS) is 17.9. The standard InChI is InChI=1S/C26H29FN4O3/c1-4-29(5-2)14-10-16-31-23(18-11-6-7-12-19(18)27)21(25(33)26(31)34)24(32)22-17(3)28-20-13-8-9-15-30(20)22/h6-9,11-13,15,23,32H,4-5,10,14,16H2,1-3H3. The third-order valence-electron chi connectivity index (χ3n) is 6.44. The maximum absolute atomic E-state index is 15.0. The van der Waals surface area contributed by atoms with E-state index in [1.807, 2.05) is 6.07 Å². The summed E-state index contributed by atoms with van der Waals surface area (Å²) in [5.41, 5.74) is 1.48. The highest BCUT2D eigenvalue weighted by atomic mass is 19.1. The zero-order valence-electron chi connectivity index (χ0n) is 19.7. The Kier molecular flexibility index (Phi) is 6.79. The van der Waals surface area contributed by atoms with Crippen molar-refractivity contribution >= 4 is 23.1 Å². The van der Waals surface area contributed by atoms with E-state index in [9.17, 15) is 19.1 Å². The number of hydrogen-bond acceptors (Lipinski definition) is 5. The van der Waals surface area contributed by atoms with Crippen LogP contribution in [0.3, 0.4) is 0 Å². The highest BCUT2D eigenvalue weighted by Crippen LogP contribution is 2.40. The van der Waals surface area contributed by atoms with E-state index in [1.165, 1.54) is 11.0 Å². The zero-order chi connectivity index (χ0) is 24.4. The highest BCUT2D eigenvalue weighted by molar-refractivity contribution is 6.46. The van der Waals surface area contributed by atoms with Crippen molar-refractivity contribution in [2.45, 2.75) is 33.2 Å². The second kappa shape index (κ2) is 9.77. The number of pyridine rings is 1. The van der Waals surface area contributed by atoms with Gasteiger partial charge in [0.25, 0.3) is 11.7 Å². The Bertz CT molecular complexity index is 1260. The zero-order valence-corrected chi connectivity index (χ0v) is 19.7. The van der Waals surface area contributed by atoms with E-state index in [1.54, 1.807) is 47.9 Å². The predicted molar refractivity (Wildman–Crippen MR) is 128 cm³/mol. The molecule has 4 rings (SSSR count). The van der Waals surface area contributed by atoms with Gasteiger partial charge in [-0.15, -0.1) is 0 Å². The number of likely N-dealkylation sites (tertiary alicyclic amines) is 1. The molecule has 8 heteroatoms. The number of aryl methyl sites for hydroxylation is 1. The van der Waals surface area contributed by atoms with Crippen LogP contribution in [0.5, 0.6) is 0 Å². The summed E-state index contributed by atoms with van der Waals surface area (Å²) in [4.78, 5) is 34.4. The van der Waals surface area contributed by atoms with E-state index in [0.717, 1.165) is 19.6 Å². The van der Waals surface area contributed by atoms with Crippen molar-refractivity contribution in [2.75, 3.05) is 26.2 Å². The van der Waals surface area contributed by atoms with Crippen LogP contribution in [0.15, 0.2) is 54.2 Å². The lowest BCUT2D eigenvalue weighted by Gasteiger charge is -2.27. The Labute approximate surface area is 198 Å². The molecular weight excluding hydrogens is 435 g/mol. The summed E-state index contributed by atoms with van der Waals surface area (Å²) >= 11 is 0. The van der Waals surface area contributed by atoms with Gasteiger partial charge >= 0.3 is 0 Å². The molecule has 0 saturated carbocycles. The Morgan fingerprint density at radius 1 is 1.12 bits per heavy atom. The summed E-state index contributed by atoms with van der Waals surface area (Å²) in [5.74, 6) is -2.45. The van der Waals surface area contributed by atoms with Crippen molar-refractivity contribution < 1.29 is 19.1 Å². The van der Waals surface area contributed by atoms with E-state index >= 15 is 0 Å². The number of amides is 1. The molecule has 1 fully saturated rings. The van der Waals surface area contributed by atoms with Crippen LogP contribution in [0.4, 0.5) is 4.39 Å². The number of carbonyl (C=O) groups excluding carboxylic acids is 2. The van der Waals surface area contributed by atoms with Crippen molar-refractivity contribution in [1.29, 1.82) is 0 Å². The van der Waals surface area contributed by atoms with Gasteiger partial charge in [-0.05, 0) is 51.2 Å². The van der Waals surface area contributed by atoms with E-state index < -0.39 is 23.5 Å². The number of halogens is 1. The molecule has 0 bridgehead atoms. The van der Waals surface area contributed by atoms with Gasteiger partial charge < -0.3 is 14.9 Å². The van der Waals surface area contributed by atoms with E-state index in [2.05, 4.69) is 23.7 Å². The molecule has 1 N–H and O–H groups in total. The molecule has 0 aliphatic carbocycles. The molecule has 1 unspecified atom stereocenters. The van der Waals surface area contributed by atoms with Crippen molar-refractivity contribution in [2.24, 2.45) is 0 Å². The van der Waals surface area contributed by atoms with Crippen LogP contribution in [0.25, 0.3) is 11.4 Å². The summed E-state index contributed by atoms with van der Waals surface area (Å²) in [6, 6.07) is 10.4. The molecule has 178 valence electrons. The van der Waals surface area contributed by atoms with Gasteiger partial charge in [-0.2, -0.15) is 0 Å². The van der Waals surface area contributed by atoms with E-state index in [-0.39, 0.29) is 23.4 Å². The topological polar surface area (TPSA) is 78.2 Å². The average Bonchev–Trinajstić information content (AvgIpc) is 3.30. The minimum Gasteiger partial charge on any atom is -0.505 e. The SMILES string of the molecule is CCN(CC)CCCN1C(=O)C(=O)C(=C(O)c2c(C)nc3ccccn23)C1c1ccccc1F. The Balaban J connectivity index is 1.83. The molecule has 7 nitrogen and oxygen atoms in total. The van der Waals surface area contributed by atoms with Crippen LogP contribution in [-0.4, -0.2) is 62.2 Å². The Hall–Kier alpha value is -3.52. The first-order valence-electron chi connectivity index (χ1n) is 11.6. The van der Waals surface area contributed by atoms with Crippen LogP contribution in [-0.2, 0) is 9.59 Å². The highest BCUT2D eigenvalue weighted by Gasteiger charge is 2.47. The molecule has 3 aromatic rings. The smallest absolute Gasteiger partial charge is 0.295 e. The summed E-state index contributed by atoms with van der Waals surface area (Å²) in [6.07, 6.45) is 2.34. The van der Waals surface area contributed by atoms with Crippen LogP contribution in [0.1, 0.15) is 43.3 Å². The molecule has 3 heterocycles. The number of nitrogens with zero attached hydrogens (tertiary/aromatic N) is 4. The fraction of sp³-hybridized carbons (Fsp3) is 0.346. The van der Waals surface area contributed by atoms with Crippen LogP contribution in [0, 0.1) is 12.7 Å². The number of Topliss-reactive ketones (excluding diaryl/α,β-unsaturated/α-hetero) is 1. The van der Waals surface area contributed by atoms with E-state index in [0.29, 0.717) is 23.5 Å². The number of imidazole rings is 1. The molecule has 2 aromatic heterocycles. The monoisotopic (exact) mass is 464 g/mol. The van der Waals surface area contributed by atoms with E-state index in [4.69, 9.17) is 0 Å². The molecule has 1 saturated heterocycles. The van der Waals surface area contributed by atoms with Gasteiger partial charge in [0.15, 0.2) is 5.76 Å². The van der Waals surface area contributed by atoms with Gasteiger partial charge in [0.2, 0.25) is 0 Å². The minimum atomic E-state index is -1.02. The number of fused-ring (bicyclic) bond motifs is 1. The van der Waals surface area contributed by atoms with Gasteiger partial charge in [0.05, 0.1) is 17.3 Å². The van der Waals surface area contributed by atoms with Crippen molar-refractivity contribution in [3.05, 3.63) is 77.0 Å². The van der Waals surface area contributed by atoms with Gasteiger partial charge in [-0.25, -0.2) is 9.37 Å². The fourth-order valence-electron chi connectivity index (χ4n) is 4.66. The third kappa shape index (κ3) is 4.09. The first-order valence-corrected chi connectivity index (χ1v) is 11.6. The van der Waals surface area contributed by atoms with Crippen LogP contribution in [0.2, 0.25) is 0 Å². The summed E-state index contributed by atoms with van der Waals surface area (Å²) in [6.45, 7) is 8.61. The van der Waals surface area contributed by atoms with Gasteiger partial charge in [-0.1, -0.05) is 38.1 Å². The molecule has 1 amide bonds. The number of ketones is 1. The largest absolute Gasteiger partial charge is 0.505 e. The minimum absolute atomic E-state index is 0.119. The summed E-state index contributed by atoms with van der Waals surface area (Å²) < 4.78 is 16.6. The third-order valence-corrected chi connectivity index (χ3v) is 6.44. The summed E-state index contributed by atoms with van der Waals surface area (Å²) in [7, 11) is 0. The van der Waals surface area contributed by atoms with Crippen molar-refractivity contribution in [1.82, 2.24) is 19.2 Å². The lowest BCUT2D eigenvalue weighted by atomic mass is 9.95. The second-order valence-corrected chi connectivity index (χ2v) is 8.37. The lowest BCUT2D eigenvalue weighted by molar-refractivity contribution is -0.140. The molecular formula is C26H29FN4O3. The van der Waals surface area contributed by atoms with Crippen molar-refractivity contribution in [3.8, 4) is 0 Å². The molecule has 1 aliphatic heterocycles. The number of aliphatic hydroxyl groups excluding tert-OH is 1. The Morgan fingerprint density at radius 2 is 1.82 bits per heavy atom. The lowest BCUT2D eigenvalue weighted by Crippen LogP contribution is -2.33. The van der Waals surface area contributed by atoms with Gasteiger partial charge in [0.1, 0.15) is 17.2 Å². The number of rotatable bonds is 8. The molecule has 1 atom stereocenters. The van der Waals surface area contributed by atoms with Gasteiger partial charge in [0, 0.05) is 18.3 Å². The number of carbonyl (C=O) groups is 2. The number of benzene rings is 1. The molecule has 0 radical (unpaired) electrons. The van der Waals surface area contributed by atoms with Crippen molar-refractivity contribution in [3.63, 3.8) is 0 Å². The molecule has 1 aromatic carbocycles. The maximum Gasteiger partial charge on any atom is 0.295 e. The summed E-state index contributed by atoms with van der Waals surface area (Å²) in [5, 5.41) is 11.4. The number of aromatic nitrogens is 2. The first-order chi connectivity index (χ1) is 16.4. The first kappa shape index (κ1) is 23.6. The number of aliphatic hydroxyl groups is 1. The molecule has 1 aliphatic rings. The van der Waals surface area contributed by atoms with Gasteiger partial charge in [-0.3, -0.25) is 14.0 Å². The Morgan fingerprint density at radius 3 is 2.53 bits per heavy atom. The van der Waals surface area contributed by atoms with Crippen LogP contribution >= 0.6 is 0 Å². The molecule has 0 spiro atoms. The van der Waals surface area contributed by atoms with Crippen LogP contribution < -0.4 is 0 Å². The fourth-order valence-corrected chi connectivity index (χ4v) is 4.66. The quantitative estimate of drug-likeness (QED) is 0.310. The average molecular weight is 465 g/mol. The molecule has 34 heavy (non-hydrogen) atoms. The number of hydrogen-bond donors (Lipinski definition) is 1. The predicted octanol–water partition coefficient (Wildman–Crippen LogP) is 3.94. The second-order valence-electron chi connectivity index (χ2n) is 8.37. The maximum atomic E-state index is 15.0.